The lowest BCUT2D eigenvalue weighted by atomic mass is 10.1. The summed E-state index contributed by atoms with van der Waals surface area (Å²) in [6.45, 7) is 1.23. The van der Waals surface area contributed by atoms with E-state index in [0.717, 1.165) is 12.0 Å². The largest absolute Gasteiger partial charge is 0.389 e. The molecule has 0 bridgehead atoms. The van der Waals surface area contributed by atoms with Gasteiger partial charge in [0.05, 0.1) is 5.70 Å². The lowest BCUT2D eigenvalue weighted by molar-refractivity contribution is 0.790. The Kier molecular flexibility index (Phi) is 6.05. The van der Waals surface area contributed by atoms with Crippen molar-refractivity contribution in [3.05, 3.63) is 58.1 Å². The lowest BCUT2D eigenvalue weighted by Crippen LogP contribution is -2.24. The fourth-order valence-corrected chi connectivity index (χ4v) is 1.67. The van der Waals surface area contributed by atoms with E-state index in [1.54, 1.807) is 0 Å². The Morgan fingerprint density at radius 3 is 2.16 bits per heavy atom. The van der Waals surface area contributed by atoms with Gasteiger partial charge in [-0.2, -0.15) is 0 Å². The molecule has 6 heteroatoms. The van der Waals surface area contributed by atoms with Gasteiger partial charge in [-0.25, -0.2) is 0 Å². The predicted molar refractivity (Wildman–Crippen MR) is 79.6 cm³/mol. The van der Waals surface area contributed by atoms with Crippen LogP contribution in [0.3, 0.4) is 0 Å². The average molecular weight is 282 g/mol. The van der Waals surface area contributed by atoms with Crippen LogP contribution in [0.4, 0.5) is 0 Å². The molecule has 0 saturated carbocycles. The molecule has 1 rings (SSSR count). The first-order chi connectivity index (χ1) is 9.02. The summed E-state index contributed by atoms with van der Waals surface area (Å²) in [7, 11) is 0. The first-order valence-corrected chi connectivity index (χ1v) is 6.30. The standard InChI is InChI=1S/C13H20ClN5/c14-12(16)7-11(13(17)18)19-6-5-9-1-3-10(8-15)4-2-9/h1-4,7,19H,5-6,8,15-18H2/b12-7-. The Morgan fingerprint density at radius 2 is 1.68 bits per heavy atom. The zero-order valence-electron chi connectivity index (χ0n) is 10.7. The molecule has 0 radical (unpaired) electrons. The Labute approximate surface area is 118 Å². The third-order valence-corrected chi connectivity index (χ3v) is 2.69. The van der Waals surface area contributed by atoms with E-state index in [1.807, 2.05) is 24.3 Å². The van der Waals surface area contributed by atoms with Crippen molar-refractivity contribution >= 4 is 11.6 Å². The van der Waals surface area contributed by atoms with Crippen molar-refractivity contribution in [3.63, 3.8) is 0 Å². The van der Waals surface area contributed by atoms with Gasteiger partial charge in [0.25, 0.3) is 0 Å². The summed E-state index contributed by atoms with van der Waals surface area (Å²) in [5.41, 5.74) is 24.8. The molecule has 9 N–H and O–H groups in total. The van der Waals surface area contributed by atoms with Gasteiger partial charge < -0.3 is 28.3 Å². The van der Waals surface area contributed by atoms with Crippen molar-refractivity contribution in [3.8, 4) is 0 Å². The van der Waals surface area contributed by atoms with E-state index in [0.29, 0.717) is 18.8 Å². The number of rotatable bonds is 6. The highest BCUT2D eigenvalue weighted by Crippen LogP contribution is 2.05. The van der Waals surface area contributed by atoms with Gasteiger partial charge in [-0.05, 0) is 23.6 Å². The fraction of sp³-hybridized carbons (Fsp3) is 0.231. The molecule has 0 fully saturated rings. The van der Waals surface area contributed by atoms with Gasteiger partial charge in [0.1, 0.15) is 11.0 Å². The Balaban J connectivity index is 2.52. The molecular weight excluding hydrogens is 262 g/mol. The summed E-state index contributed by atoms with van der Waals surface area (Å²) in [6.07, 6.45) is 2.33. The van der Waals surface area contributed by atoms with Crippen LogP contribution in [0.2, 0.25) is 0 Å². The first kappa shape index (κ1) is 15.2. The van der Waals surface area contributed by atoms with Crippen LogP contribution < -0.4 is 28.3 Å². The molecule has 0 spiro atoms. The summed E-state index contributed by atoms with van der Waals surface area (Å²) in [5.74, 6) is 0.155. The Morgan fingerprint density at radius 1 is 1.11 bits per heavy atom. The number of hydrogen-bond donors (Lipinski definition) is 5. The third-order valence-electron chi connectivity index (χ3n) is 2.58. The zero-order chi connectivity index (χ0) is 14.3. The summed E-state index contributed by atoms with van der Waals surface area (Å²) < 4.78 is 0. The van der Waals surface area contributed by atoms with Gasteiger partial charge in [-0.15, -0.1) is 0 Å². The molecule has 1 aromatic carbocycles. The highest BCUT2D eigenvalue weighted by molar-refractivity contribution is 6.29. The minimum Gasteiger partial charge on any atom is -0.389 e. The number of nitrogens with one attached hydrogen (secondary N) is 1. The highest BCUT2D eigenvalue weighted by atomic mass is 35.5. The Hall–Kier alpha value is -1.85. The summed E-state index contributed by atoms with van der Waals surface area (Å²) in [6, 6.07) is 8.12. The molecule has 0 heterocycles. The normalized spacial score (nSPS) is 11.2. The van der Waals surface area contributed by atoms with Gasteiger partial charge in [0.2, 0.25) is 0 Å². The fourth-order valence-electron chi connectivity index (χ4n) is 1.56. The summed E-state index contributed by atoms with van der Waals surface area (Å²) >= 11 is 5.59. The van der Waals surface area contributed by atoms with E-state index >= 15 is 0 Å². The average Bonchev–Trinajstić information content (AvgIpc) is 2.37. The van der Waals surface area contributed by atoms with Gasteiger partial charge >= 0.3 is 0 Å². The van der Waals surface area contributed by atoms with E-state index in [-0.39, 0.29) is 11.0 Å². The molecule has 0 aliphatic heterocycles. The molecule has 0 aliphatic carbocycles. The maximum Gasteiger partial charge on any atom is 0.117 e. The van der Waals surface area contributed by atoms with Gasteiger partial charge in [0.15, 0.2) is 0 Å². The SMILES string of the molecule is NCc1ccc(CCNC(/C=C(\N)Cl)=C(N)N)cc1. The van der Waals surface area contributed by atoms with Crippen molar-refractivity contribution in [1.82, 2.24) is 5.32 Å². The second kappa shape index (κ2) is 7.56. The third kappa shape index (κ3) is 5.54. The molecular formula is C13H20ClN5. The number of nitrogens with two attached hydrogens (primary N) is 4. The van der Waals surface area contributed by atoms with Gasteiger partial charge in [-0.3, -0.25) is 0 Å². The molecule has 0 atom stereocenters. The maximum atomic E-state index is 5.59. The maximum absolute atomic E-state index is 5.59. The molecule has 104 valence electrons. The van der Waals surface area contributed by atoms with E-state index < -0.39 is 0 Å². The van der Waals surface area contributed by atoms with Crippen molar-refractivity contribution < 1.29 is 0 Å². The summed E-state index contributed by atoms with van der Waals surface area (Å²) in [5, 5.41) is 3.22. The minimum absolute atomic E-state index is 0.128. The van der Waals surface area contributed by atoms with Crippen LogP contribution in [0.5, 0.6) is 0 Å². The van der Waals surface area contributed by atoms with Gasteiger partial charge in [-0.1, -0.05) is 35.9 Å². The van der Waals surface area contributed by atoms with Crippen molar-refractivity contribution in [2.75, 3.05) is 6.54 Å². The van der Waals surface area contributed by atoms with Crippen LogP contribution in [-0.2, 0) is 13.0 Å². The van der Waals surface area contributed by atoms with E-state index in [4.69, 9.17) is 34.5 Å². The van der Waals surface area contributed by atoms with Crippen LogP contribution in [0.25, 0.3) is 0 Å². The second-order valence-corrected chi connectivity index (χ2v) is 4.53. The molecule has 19 heavy (non-hydrogen) atoms. The summed E-state index contributed by atoms with van der Waals surface area (Å²) in [4.78, 5) is 0. The number of allylic oxidation sites excluding steroid dienone is 1. The number of halogens is 1. The predicted octanol–water partition coefficient (Wildman–Crippen LogP) is 0.403. The van der Waals surface area contributed by atoms with Crippen LogP contribution >= 0.6 is 11.6 Å². The smallest absolute Gasteiger partial charge is 0.117 e. The second-order valence-electron chi connectivity index (χ2n) is 4.10. The molecule has 0 amide bonds. The first-order valence-electron chi connectivity index (χ1n) is 5.92. The number of benzene rings is 1. The van der Waals surface area contributed by atoms with E-state index in [1.165, 1.54) is 11.6 Å². The van der Waals surface area contributed by atoms with Crippen molar-refractivity contribution in [1.29, 1.82) is 0 Å². The monoisotopic (exact) mass is 281 g/mol. The molecule has 0 unspecified atom stereocenters. The zero-order valence-corrected chi connectivity index (χ0v) is 11.5. The van der Waals surface area contributed by atoms with E-state index in [2.05, 4.69) is 5.32 Å². The molecule has 0 aliphatic rings. The quantitative estimate of drug-likeness (QED) is 0.382. The molecule has 0 saturated heterocycles. The molecule has 1 aromatic rings. The molecule has 5 nitrogen and oxygen atoms in total. The van der Waals surface area contributed by atoms with Crippen LogP contribution in [-0.4, -0.2) is 6.54 Å². The van der Waals surface area contributed by atoms with Crippen LogP contribution in [0.15, 0.2) is 47.0 Å². The topological polar surface area (TPSA) is 116 Å². The van der Waals surface area contributed by atoms with Crippen LogP contribution in [0.1, 0.15) is 11.1 Å². The van der Waals surface area contributed by atoms with Crippen molar-refractivity contribution in [2.24, 2.45) is 22.9 Å². The lowest BCUT2D eigenvalue weighted by Gasteiger charge is -2.09. The molecule has 0 aromatic heterocycles. The van der Waals surface area contributed by atoms with Crippen LogP contribution in [0, 0.1) is 0 Å². The van der Waals surface area contributed by atoms with E-state index in [9.17, 15) is 0 Å². The number of hydrogen-bond acceptors (Lipinski definition) is 5. The van der Waals surface area contributed by atoms with Crippen molar-refractivity contribution in [2.45, 2.75) is 13.0 Å². The Bertz CT molecular complexity index is 456. The minimum atomic E-state index is 0.128. The van der Waals surface area contributed by atoms with Gasteiger partial charge in [0, 0.05) is 13.1 Å². The highest BCUT2D eigenvalue weighted by Gasteiger charge is 1.99.